The van der Waals surface area contributed by atoms with Crippen LogP contribution < -0.4 is 21.9 Å². The van der Waals surface area contributed by atoms with Crippen molar-refractivity contribution in [3.8, 4) is 23.5 Å². The topological polar surface area (TPSA) is 0 Å². The zero-order valence-corrected chi connectivity index (χ0v) is 33.2. The molecule has 0 unspecified atom stereocenters. The number of hydrogen-bond acceptors (Lipinski definition) is 0. The molecule has 0 heterocycles. The van der Waals surface area contributed by atoms with Crippen LogP contribution in [0.25, 0.3) is 10.8 Å². The molecule has 0 radical (unpaired) electrons. The number of rotatable bonds is 4. The molecule has 52 heavy (non-hydrogen) atoms. The van der Waals surface area contributed by atoms with Gasteiger partial charge in [0, 0.05) is 11.1 Å². The SMILES string of the molecule is Cc1cc(C)c(B(C#Cc2ccc(C#CB(c3c(C)cc(C)cc3C)c3c(C)cc(C)cc3C)c3ccccc23)c2c(C)cc(C)cc2C)c(C)c1. The van der Waals surface area contributed by atoms with Gasteiger partial charge in [0.05, 0.1) is 0 Å². The molecule has 0 atom stereocenters. The monoisotopic (exact) mass is 672 g/mol. The summed E-state index contributed by atoms with van der Waals surface area (Å²) in [6.45, 7) is 26.5. The highest BCUT2D eigenvalue weighted by Gasteiger charge is 2.27. The van der Waals surface area contributed by atoms with E-state index < -0.39 is 0 Å². The van der Waals surface area contributed by atoms with Crippen molar-refractivity contribution in [3.05, 3.63) is 163 Å². The molecule has 0 fully saturated rings. The molecule has 0 nitrogen and oxygen atoms in total. The second-order valence-corrected chi connectivity index (χ2v) is 15.4. The van der Waals surface area contributed by atoms with Crippen molar-refractivity contribution in [2.75, 3.05) is 0 Å². The first-order valence-electron chi connectivity index (χ1n) is 18.6. The van der Waals surface area contributed by atoms with Crippen LogP contribution in [0.2, 0.25) is 0 Å². The Morgan fingerprint density at radius 2 is 0.558 bits per heavy atom. The lowest BCUT2D eigenvalue weighted by Gasteiger charge is -2.20. The summed E-state index contributed by atoms with van der Waals surface area (Å²) in [5.74, 6) is 15.1. The van der Waals surface area contributed by atoms with E-state index in [1.165, 1.54) is 88.6 Å². The summed E-state index contributed by atoms with van der Waals surface area (Å²) < 4.78 is 0. The fraction of sp³-hybridized carbons (Fsp3) is 0.240. The molecule has 0 amide bonds. The van der Waals surface area contributed by atoms with E-state index in [4.69, 9.17) is 0 Å². The second-order valence-electron chi connectivity index (χ2n) is 15.4. The second kappa shape index (κ2) is 14.8. The summed E-state index contributed by atoms with van der Waals surface area (Å²) in [7, 11) is 0. The largest absolute Gasteiger partial charge is 0.297 e. The van der Waals surface area contributed by atoms with Gasteiger partial charge in [0.1, 0.15) is 0 Å². The van der Waals surface area contributed by atoms with Gasteiger partial charge in [-0.25, -0.2) is 0 Å². The summed E-state index contributed by atoms with van der Waals surface area (Å²) in [6, 6.07) is 31.4. The van der Waals surface area contributed by atoms with Gasteiger partial charge in [-0.1, -0.05) is 173 Å². The van der Waals surface area contributed by atoms with E-state index >= 15 is 0 Å². The van der Waals surface area contributed by atoms with Gasteiger partial charge in [0.25, 0.3) is 13.4 Å². The maximum absolute atomic E-state index is 3.82. The predicted molar refractivity (Wildman–Crippen MR) is 230 cm³/mol. The van der Waals surface area contributed by atoms with Crippen molar-refractivity contribution < 1.29 is 0 Å². The van der Waals surface area contributed by atoms with Crippen LogP contribution in [0, 0.1) is 107 Å². The molecule has 0 aromatic heterocycles. The van der Waals surface area contributed by atoms with Gasteiger partial charge >= 0.3 is 0 Å². The molecule has 6 aromatic carbocycles. The molecule has 0 saturated heterocycles. The van der Waals surface area contributed by atoms with Crippen LogP contribution in [-0.2, 0) is 0 Å². The summed E-state index contributed by atoms with van der Waals surface area (Å²) in [5, 5.41) is 2.27. The van der Waals surface area contributed by atoms with Gasteiger partial charge in [-0.05, 0) is 106 Å². The van der Waals surface area contributed by atoms with Crippen molar-refractivity contribution in [2.24, 2.45) is 0 Å². The van der Waals surface area contributed by atoms with Crippen molar-refractivity contribution in [3.63, 3.8) is 0 Å². The van der Waals surface area contributed by atoms with E-state index in [2.05, 4.69) is 191 Å². The number of benzene rings is 6. The van der Waals surface area contributed by atoms with Crippen molar-refractivity contribution in [1.29, 1.82) is 0 Å². The van der Waals surface area contributed by atoms with Crippen LogP contribution >= 0.6 is 0 Å². The minimum atomic E-state index is -0.0397. The van der Waals surface area contributed by atoms with Crippen LogP contribution in [0.15, 0.2) is 84.9 Å². The molecular weight excluding hydrogens is 622 g/mol. The van der Waals surface area contributed by atoms with E-state index in [1.54, 1.807) is 0 Å². The molecular formula is C50H50B2. The fourth-order valence-electron chi connectivity index (χ4n) is 8.98. The van der Waals surface area contributed by atoms with E-state index in [0.29, 0.717) is 0 Å². The zero-order valence-electron chi connectivity index (χ0n) is 33.2. The highest BCUT2D eigenvalue weighted by Crippen LogP contribution is 2.23. The molecule has 0 aliphatic heterocycles. The van der Waals surface area contributed by atoms with E-state index in [-0.39, 0.29) is 13.4 Å². The molecule has 0 bridgehead atoms. The van der Waals surface area contributed by atoms with E-state index in [0.717, 1.165) is 21.9 Å². The van der Waals surface area contributed by atoms with Gasteiger partial charge in [-0.2, -0.15) is 0 Å². The lowest BCUT2D eigenvalue weighted by atomic mass is 9.38. The Kier molecular flexibility index (Phi) is 10.4. The molecule has 256 valence electrons. The Morgan fingerprint density at radius 1 is 0.327 bits per heavy atom. The molecule has 2 heteroatoms. The molecule has 0 saturated carbocycles. The maximum atomic E-state index is 3.82. The highest BCUT2D eigenvalue weighted by atomic mass is 14.1. The average Bonchev–Trinajstić information content (AvgIpc) is 3.04. The fourth-order valence-corrected chi connectivity index (χ4v) is 8.98. The van der Waals surface area contributed by atoms with Crippen molar-refractivity contribution in [1.82, 2.24) is 0 Å². The lowest BCUT2D eigenvalue weighted by molar-refractivity contribution is 1.34. The summed E-state index contributed by atoms with van der Waals surface area (Å²) >= 11 is 0. The highest BCUT2D eigenvalue weighted by molar-refractivity contribution is 6.93. The Labute approximate surface area is 314 Å². The smallest absolute Gasteiger partial charge is 0.137 e. The molecule has 0 aliphatic rings. The first kappa shape index (κ1) is 36.6. The lowest BCUT2D eigenvalue weighted by Crippen LogP contribution is -2.46. The van der Waals surface area contributed by atoms with Gasteiger partial charge in [0.15, 0.2) is 0 Å². The van der Waals surface area contributed by atoms with E-state index in [1.807, 2.05) is 0 Å². The quantitative estimate of drug-likeness (QED) is 0.130. The van der Waals surface area contributed by atoms with Crippen LogP contribution in [0.5, 0.6) is 0 Å². The Balaban J connectivity index is 1.52. The maximum Gasteiger partial charge on any atom is 0.297 e. The summed E-state index contributed by atoms with van der Waals surface area (Å²) in [5.41, 5.74) is 22.8. The normalized spacial score (nSPS) is 10.8. The summed E-state index contributed by atoms with van der Waals surface area (Å²) in [6.07, 6.45) is 0. The van der Waals surface area contributed by atoms with Gasteiger partial charge in [-0.3, -0.25) is 0 Å². The average molecular weight is 673 g/mol. The standard InChI is InChI=1S/C50H50B2/c1-31-23-35(5)47(36(6)24-31)51(48-37(7)25-32(2)26-38(48)8)21-19-43-17-18-44(46-16-14-13-15-45(43)46)20-22-52(49-39(9)27-33(3)28-40(49)10)50-41(11)29-34(4)30-42(50)12/h13-18,23-30H,1-12H3. The third-order valence-corrected chi connectivity index (χ3v) is 10.7. The molecule has 6 aromatic rings. The van der Waals surface area contributed by atoms with Crippen LogP contribution in [0.4, 0.5) is 0 Å². The van der Waals surface area contributed by atoms with Crippen molar-refractivity contribution >= 4 is 46.0 Å². The van der Waals surface area contributed by atoms with E-state index in [9.17, 15) is 0 Å². The molecule has 6 rings (SSSR count). The summed E-state index contributed by atoms with van der Waals surface area (Å²) in [4.78, 5) is 0. The first-order chi connectivity index (χ1) is 24.7. The molecule has 0 N–H and O–H groups in total. The first-order valence-corrected chi connectivity index (χ1v) is 18.6. The van der Waals surface area contributed by atoms with Gasteiger partial charge < -0.3 is 0 Å². The van der Waals surface area contributed by atoms with Gasteiger partial charge in [-0.15, -0.1) is 11.6 Å². The number of fused-ring (bicyclic) bond motifs is 1. The Hall–Kier alpha value is -5.17. The van der Waals surface area contributed by atoms with Gasteiger partial charge in [0.2, 0.25) is 0 Å². The molecule has 0 aliphatic carbocycles. The molecule has 0 spiro atoms. The van der Waals surface area contributed by atoms with Crippen molar-refractivity contribution in [2.45, 2.75) is 83.1 Å². The predicted octanol–water partition coefficient (Wildman–Crippen LogP) is 8.94. The minimum Gasteiger partial charge on any atom is -0.137 e. The van der Waals surface area contributed by atoms with Crippen LogP contribution in [-0.4, -0.2) is 13.4 Å². The Morgan fingerprint density at radius 3 is 0.788 bits per heavy atom. The van der Waals surface area contributed by atoms with Crippen LogP contribution in [0.3, 0.4) is 0 Å². The third-order valence-electron chi connectivity index (χ3n) is 10.7. The third kappa shape index (κ3) is 7.27. The zero-order chi connectivity index (χ0) is 37.4. The number of hydrogen-bond donors (Lipinski definition) is 0. The number of aryl methyl sites for hydroxylation is 12. The van der Waals surface area contributed by atoms with Crippen LogP contribution in [0.1, 0.15) is 77.9 Å². The Bertz CT molecular complexity index is 2120. The minimum absolute atomic E-state index is 0.0397.